The second kappa shape index (κ2) is 7.42. The van der Waals surface area contributed by atoms with Crippen LogP contribution in [0.25, 0.3) is 0 Å². The van der Waals surface area contributed by atoms with Crippen LogP contribution in [-0.2, 0) is 11.2 Å². The van der Waals surface area contributed by atoms with Crippen LogP contribution in [0.2, 0.25) is 0 Å². The van der Waals surface area contributed by atoms with Gasteiger partial charge in [-0.2, -0.15) is 0 Å². The summed E-state index contributed by atoms with van der Waals surface area (Å²) in [7, 11) is 0. The second-order valence-corrected chi connectivity index (χ2v) is 5.64. The largest absolute Gasteiger partial charge is 0.340 e. The molecule has 1 amide bonds. The SMILES string of the molecule is Cc1cccc(Nc2ccc(NC(=O)Cc3ccccc3)cn2)c1. The van der Waals surface area contributed by atoms with Gasteiger partial charge in [0.25, 0.3) is 0 Å². The molecule has 0 aliphatic rings. The van der Waals surface area contributed by atoms with Gasteiger partial charge in [0.1, 0.15) is 5.82 Å². The van der Waals surface area contributed by atoms with Gasteiger partial charge in [-0.1, -0.05) is 42.5 Å². The van der Waals surface area contributed by atoms with Crippen molar-refractivity contribution >= 4 is 23.1 Å². The van der Waals surface area contributed by atoms with E-state index in [9.17, 15) is 4.79 Å². The quantitative estimate of drug-likeness (QED) is 0.737. The van der Waals surface area contributed by atoms with E-state index in [0.717, 1.165) is 17.1 Å². The summed E-state index contributed by atoms with van der Waals surface area (Å²) in [5.74, 6) is 0.684. The maximum absolute atomic E-state index is 12.0. The first kappa shape index (κ1) is 15.7. The Balaban J connectivity index is 1.59. The number of nitrogens with zero attached hydrogens (tertiary/aromatic N) is 1. The third-order valence-electron chi connectivity index (χ3n) is 3.55. The van der Waals surface area contributed by atoms with Crippen molar-refractivity contribution in [3.8, 4) is 0 Å². The first-order chi connectivity index (χ1) is 11.7. The van der Waals surface area contributed by atoms with Crippen LogP contribution in [0.1, 0.15) is 11.1 Å². The molecule has 1 heterocycles. The predicted molar refractivity (Wildman–Crippen MR) is 97.5 cm³/mol. The summed E-state index contributed by atoms with van der Waals surface area (Å²) in [6, 6.07) is 21.4. The fraction of sp³-hybridized carbons (Fsp3) is 0.100. The monoisotopic (exact) mass is 317 g/mol. The molecule has 0 radical (unpaired) electrons. The summed E-state index contributed by atoms with van der Waals surface area (Å²) in [5, 5.41) is 6.10. The summed E-state index contributed by atoms with van der Waals surface area (Å²) in [6.45, 7) is 2.05. The zero-order valence-corrected chi connectivity index (χ0v) is 13.5. The third-order valence-corrected chi connectivity index (χ3v) is 3.55. The topological polar surface area (TPSA) is 54.0 Å². The van der Waals surface area contributed by atoms with Gasteiger partial charge in [0.05, 0.1) is 18.3 Å². The van der Waals surface area contributed by atoms with E-state index in [0.29, 0.717) is 12.1 Å². The fourth-order valence-electron chi connectivity index (χ4n) is 2.40. The Morgan fingerprint density at radius 3 is 2.50 bits per heavy atom. The van der Waals surface area contributed by atoms with Crippen molar-refractivity contribution in [1.29, 1.82) is 0 Å². The van der Waals surface area contributed by atoms with Crippen molar-refractivity contribution in [2.45, 2.75) is 13.3 Å². The molecule has 2 aromatic carbocycles. The lowest BCUT2D eigenvalue weighted by molar-refractivity contribution is -0.115. The number of hydrogen-bond acceptors (Lipinski definition) is 3. The molecule has 0 aliphatic carbocycles. The fourth-order valence-corrected chi connectivity index (χ4v) is 2.40. The second-order valence-electron chi connectivity index (χ2n) is 5.64. The highest BCUT2D eigenvalue weighted by molar-refractivity contribution is 5.92. The van der Waals surface area contributed by atoms with E-state index in [4.69, 9.17) is 0 Å². The molecule has 0 fully saturated rings. The molecule has 0 saturated heterocycles. The van der Waals surface area contributed by atoms with Gasteiger partial charge in [-0.05, 0) is 42.3 Å². The Morgan fingerprint density at radius 1 is 0.958 bits per heavy atom. The summed E-state index contributed by atoms with van der Waals surface area (Å²) in [6.07, 6.45) is 2.01. The average molecular weight is 317 g/mol. The zero-order chi connectivity index (χ0) is 16.8. The first-order valence-corrected chi connectivity index (χ1v) is 7.82. The van der Waals surface area contributed by atoms with Crippen LogP contribution in [-0.4, -0.2) is 10.9 Å². The van der Waals surface area contributed by atoms with Gasteiger partial charge in [0.2, 0.25) is 5.91 Å². The van der Waals surface area contributed by atoms with Crippen LogP contribution >= 0.6 is 0 Å². The maximum Gasteiger partial charge on any atom is 0.228 e. The molecule has 4 heteroatoms. The maximum atomic E-state index is 12.0. The molecule has 2 N–H and O–H groups in total. The number of carbonyl (C=O) groups excluding carboxylic acids is 1. The number of hydrogen-bond donors (Lipinski definition) is 2. The number of pyridine rings is 1. The van der Waals surface area contributed by atoms with Crippen molar-refractivity contribution in [2.75, 3.05) is 10.6 Å². The molecule has 3 aromatic rings. The number of benzene rings is 2. The molecule has 4 nitrogen and oxygen atoms in total. The molecular weight excluding hydrogens is 298 g/mol. The van der Waals surface area contributed by atoms with Crippen LogP contribution in [0.3, 0.4) is 0 Å². The van der Waals surface area contributed by atoms with Crippen molar-refractivity contribution in [3.05, 3.63) is 84.1 Å². The van der Waals surface area contributed by atoms with Gasteiger partial charge < -0.3 is 10.6 Å². The summed E-state index contributed by atoms with van der Waals surface area (Å²) >= 11 is 0. The molecule has 0 spiro atoms. The Bertz CT molecular complexity index is 814. The number of nitrogens with one attached hydrogen (secondary N) is 2. The summed E-state index contributed by atoms with van der Waals surface area (Å²) in [4.78, 5) is 16.4. The lowest BCUT2D eigenvalue weighted by Gasteiger charge is -2.08. The van der Waals surface area contributed by atoms with E-state index in [2.05, 4.69) is 21.7 Å². The smallest absolute Gasteiger partial charge is 0.228 e. The number of anilines is 3. The van der Waals surface area contributed by atoms with Crippen LogP contribution in [0.4, 0.5) is 17.2 Å². The molecule has 24 heavy (non-hydrogen) atoms. The lowest BCUT2D eigenvalue weighted by Crippen LogP contribution is -2.14. The minimum atomic E-state index is -0.0533. The average Bonchev–Trinajstić information content (AvgIpc) is 2.57. The molecule has 0 bridgehead atoms. The number of amides is 1. The summed E-state index contributed by atoms with van der Waals surface area (Å²) < 4.78 is 0. The Hall–Kier alpha value is -3.14. The van der Waals surface area contributed by atoms with Crippen LogP contribution < -0.4 is 10.6 Å². The molecule has 0 aliphatic heterocycles. The molecule has 120 valence electrons. The number of rotatable bonds is 5. The highest BCUT2D eigenvalue weighted by Gasteiger charge is 2.04. The number of aromatic nitrogens is 1. The Kier molecular flexibility index (Phi) is 4.87. The number of carbonyl (C=O) groups is 1. The van der Waals surface area contributed by atoms with E-state index < -0.39 is 0 Å². The molecule has 3 rings (SSSR count). The Labute approximate surface area is 141 Å². The van der Waals surface area contributed by atoms with Crippen molar-refractivity contribution in [3.63, 3.8) is 0 Å². The van der Waals surface area contributed by atoms with Crippen molar-refractivity contribution in [2.24, 2.45) is 0 Å². The minimum absolute atomic E-state index is 0.0533. The normalized spacial score (nSPS) is 10.2. The highest BCUT2D eigenvalue weighted by atomic mass is 16.1. The van der Waals surface area contributed by atoms with Crippen LogP contribution in [0.5, 0.6) is 0 Å². The molecule has 1 aromatic heterocycles. The van der Waals surface area contributed by atoms with Gasteiger partial charge in [-0.15, -0.1) is 0 Å². The van der Waals surface area contributed by atoms with E-state index in [-0.39, 0.29) is 5.91 Å². The highest BCUT2D eigenvalue weighted by Crippen LogP contribution is 2.17. The Morgan fingerprint density at radius 2 is 1.79 bits per heavy atom. The van der Waals surface area contributed by atoms with Gasteiger partial charge in [0.15, 0.2) is 0 Å². The first-order valence-electron chi connectivity index (χ1n) is 7.82. The lowest BCUT2D eigenvalue weighted by atomic mass is 10.1. The third kappa shape index (κ3) is 4.43. The molecule has 0 atom stereocenters. The molecular formula is C20H19N3O. The summed E-state index contributed by atoms with van der Waals surface area (Å²) in [5.41, 5.74) is 3.85. The minimum Gasteiger partial charge on any atom is -0.340 e. The van der Waals surface area contributed by atoms with Gasteiger partial charge in [0, 0.05) is 5.69 Å². The van der Waals surface area contributed by atoms with E-state index in [1.54, 1.807) is 6.20 Å². The van der Waals surface area contributed by atoms with E-state index in [1.807, 2.05) is 67.6 Å². The van der Waals surface area contributed by atoms with Gasteiger partial charge >= 0.3 is 0 Å². The van der Waals surface area contributed by atoms with Crippen LogP contribution in [0.15, 0.2) is 72.9 Å². The standard InChI is InChI=1S/C20H19N3O/c1-15-6-5-9-17(12-15)22-19-11-10-18(14-21-19)23-20(24)13-16-7-3-2-4-8-16/h2-12,14H,13H2,1H3,(H,21,22)(H,23,24). The van der Waals surface area contributed by atoms with Crippen LogP contribution in [0, 0.1) is 6.92 Å². The van der Waals surface area contributed by atoms with Crippen molar-refractivity contribution in [1.82, 2.24) is 4.98 Å². The van der Waals surface area contributed by atoms with Crippen molar-refractivity contribution < 1.29 is 4.79 Å². The van der Waals surface area contributed by atoms with E-state index >= 15 is 0 Å². The van der Waals surface area contributed by atoms with Gasteiger partial charge in [-0.25, -0.2) is 4.98 Å². The van der Waals surface area contributed by atoms with Gasteiger partial charge in [-0.3, -0.25) is 4.79 Å². The van der Waals surface area contributed by atoms with E-state index in [1.165, 1.54) is 5.56 Å². The molecule has 0 unspecified atom stereocenters. The zero-order valence-electron chi connectivity index (χ0n) is 13.5. The predicted octanol–water partition coefficient (Wildman–Crippen LogP) is 4.31. The number of aryl methyl sites for hydroxylation is 1. The molecule has 0 saturated carbocycles.